The number of nitrogens with one attached hydrogen (secondary N) is 1. The summed E-state index contributed by atoms with van der Waals surface area (Å²) in [4.78, 5) is 12.5. The number of benzene rings is 2. The predicted molar refractivity (Wildman–Crippen MR) is 113 cm³/mol. The molecule has 0 fully saturated rings. The van der Waals surface area contributed by atoms with Crippen LogP contribution in [0.4, 0.5) is 5.69 Å². The topological polar surface area (TPSA) is 69.0 Å². The summed E-state index contributed by atoms with van der Waals surface area (Å²) in [6.07, 6.45) is 0. The first kappa shape index (κ1) is 19.9. The molecule has 0 bridgehead atoms. The number of anilines is 1. The summed E-state index contributed by atoms with van der Waals surface area (Å²) in [6.45, 7) is 6.06. The minimum absolute atomic E-state index is 0.0677. The van der Waals surface area contributed by atoms with Crippen LogP contribution in [0.15, 0.2) is 41.6 Å². The molecule has 6 nitrogen and oxygen atoms in total. The molecule has 0 atom stereocenters. The van der Waals surface area contributed by atoms with Gasteiger partial charge in [0.2, 0.25) is 5.91 Å². The molecule has 0 saturated carbocycles. The molecule has 0 saturated heterocycles. The fraction of sp³-hybridized carbons (Fsp3) is 0.286. The van der Waals surface area contributed by atoms with Crippen LogP contribution in [0.3, 0.4) is 0 Å². The van der Waals surface area contributed by atoms with Crippen molar-refractivity contribution in [2.24, 2.45) is 7.05 Å². The average molecular weight is 397 g/mol. The summed E-state index contributed by atoms with van der Waals surface area (Å²) in [5.74, 6) is 1.62. The van der Waals surface area contributed by atoms with Crippen LogP contribution in [-0.2, 0) is 11.8 Å². The van der Waals surface area contributed by atoms with Crippen molar-refractivity contribution in [3.05, 3.63) is 53.1 Å². The van der Waals surface area contributed by atoms with Crippen LogP contribution in [0.2, 0.25) is 0 Å². The summed E-state index contributed by atoms with van der Waals surface area (Å²) in [7, 11) is 3.51. The number of thioether (sulfide) groups is 1. The average Bonchev–Trinajstić information content (AvgIpc) is 3.03. The van der Waals surface area contributed by atoms with Gasteiger partial charge in [0.25, 0.3) is 0 Å². The van der Waals surface area contributed by atoms with Gasteiger partial charge in [-0.1, -0.05) is 41.6 Å². The Kier molecular flexibility index (Phi) is 6.04. The van der Waals surface area contributed by atoms with E-state index >= 15 is 0 Å². The lowest BCUT2D eigenvalue weighted by Crippen LogP contribution is -2.16. The summed E-state index contributed by atoms with van der Waals surface area (Å²) in [5.41, 5.74) is 5.05. The maximum absolute atomic E-state index is 12.5. The van der Waals surface area contributed by atoms with Crippen LogP contribution in [0.1, 0.15) is 16.7 Å². The molecule has 7 heteroatoms. The highest BCUT2D eigenvalue weighted by molar-refractivity contribution is 7.99. The van der Waals surface area contributed by atoms with Gasteiger partial charge in [-0.15, -0.1) is 10.2 Å². The maximum Gasteiger partial charge on any atom is 0.234 e. The minimum Gasteiger partial charge on any atom is -0.496 e. The molecule has 3 aromatic rings. The van der Waals surface area contributed by atoms with E-state index in [0.717, 1.165) is 28.1 Å². The first-order chi connectivity index (χ1) is 13.4. The molecular formula is C21H24N4O2S. The maximum atomic E-state index is 12.5. The zero-order valence-electron chi connectivity index (χ0n) is 16.7. The van der Waals surface area contributed by atoms with Gasteiger partial charge >= 0.3 is 0 Å². The number of nitrogens with zero attached hydrogens (tertiary/aromatic N) is 3. The van der Waals surface area contributed by atoms with Crippen molar-refractivity contribution < 1.29 is 9.53 Å². The zero-order valence-corrected chi connectivity index (χ0v) is 17.6. The number of hydrogen-bond acceptors (Lipinski definition) is 5. The molecule has 0 unspecified atom stereocenters. The Balaban J connectivity index is 1.71. The summed E-state index contributed by atoms with van der Waals surface area (Å²) >= 11 is 1.35. The second-order valence-electron chi connectivity index (χ2n) is 6.68. The van der Waals surface area contributed by atoms with Crippen molar-refractivity contribution in [2.75, 3.05) is 18.2 Å². The quantitative estimate of drug-likeness (QED) is 0.634. The van der Waals surface area contributed by atoms with Gasteiger partial charge in [-0.25, -0.2) is 0 Å². The van der Waals surface area contributed by atoms with Gasteiger partial charge in [0, 0.05) is 12.7 Å². The van der Waals surface area contributed by atoms with Crippen molar-refractivity contribution in [3.63, 3.8) is 0 Å². The van der Waals surface area contributed by atoms with Gasteiger partial charge in [0.05, 0.1) is 18.4 Å². The molecule has 1 aromatic heterocycles. The number of rotatable bonds is 6. The lowest BCUT2D eigenvalue weighted by Gasteiger charge is -2.12. The van der Waals surface area contributed by atoms with Crippen LogP contribution in [-0.4, -0.2) is 33.5 Å². The third kappa shape index (κ3) is 4.20. The number of carbonyl (C=O) groups is 1. The molecule has 0 radical (unpaired) electrons. The zero-order chi connectivity index (χ0) is 20.3. The van der Waals surface area contributed by atoms with E-state index in [1.54, 1.807) is 7.11 Å². The summed E-state index contributed by atoms with van der Waals surface area (Å²) in [6, 6.07) is 11.8. The van der Waals surface area contributed by atoms with Crippen molar-refractivity contribution >= 4 is 23.4 Å². The molecular weight excluding hydrogens is 372 g/mol. The molecule has 1 amide bonds. The minimum atomic E-state index is -0.0677. The number of carbonyl (C=O) groups excluding carboxylic acids is 1. The highest BCUT2D eigenvalue weighted by Crippen LogP contribution is 2.30. The fourth-order valence-corrected chi connectivity index (χ4v) is 3.90. The Labute approximate surface area is 169 Å². The molecule has 0 spiro atoms. The third-order valence-corrected chi connectivity index (χ3v) is 5.48. The van der Waals surface area contributed by atoms with Crippen LogP contribution >= 0.6 is 11.8 Å². The Morgan fingerprint density at radius 1 is 1.14 bits per heavy atom. The number of ether oxygens (including phenoxy) is 1. The van der Waals surface area contributed by atoms with Crippen LogP contribution in [0.5, 0.6) is 5.75 Å². The van der Waals surface area contributed by atoms with E-state index in [9.17, 15) is 4.79 Å². The Morgan fingerprint density at radius 2 is 1.82 bits per heavy atom. The summed E-state index contributed by atoms with van der Waals surface area (Å²) < 4.78 is 7.28. The molecule has 0 aliphatic heterocycles. The van der Waals surface area contributed by atoms with E-state index in [0.29, 0.717) is 11.0 Å². The van der Waals surface area contributed by atoms with E-state index < -0.39 is 0 Å². The van der Waals surface area contributed by atoms with Crippen LogP contribution < -0.4 is 10.1 Å². The molecule has 146 valence electrons. The number of methoxy groups -OCH3 is 1. The molecule has 28 heavy (non-hydrogen) atoms. The van der Waals surface area contributed by atoms with Crippen molar-refractivity contribution in [2.45, 2.75) is 25.9 Å². The summed E-state index contributed by atoms with van der Waals surface area (Å²) in [5, 5.41) is 12.2. The SMILES string of the molecule is COc1ccccc1-c1nnc(SCC(=O)Nc2c(C)cc(C)cc2C)n1C. The molecule has 3 rings (SSSR count). The van der Waals surface area contributed by atoms with Crippen LogP contribution in [0, 0.1) is 20.8 Å². The third-order valence-electron chi connectivity index (χ3n) is 4.46. The van der Waals surface area contributed by atoms with Crippen molar-refractivity contribution in [1.29, 1.82) is 0 Å². The first-order valence-corrected chi connectivity index (χ1v) is 9.92. The highest BCUT2D eigenvalue weighted by atomic mass is 32.2. The Bertz CT molecular complexity index is 990. The lowest BCUT2D eigenvalue weighted by atomic mass is 10.1. The Morgan fingerprint density at radius 3 is 2.50 bits per heavy atom. The number of amides is 1. The number of hydrogen-bond donors (Lipinski definition) is 1. The van der Waals surface area contributed by atoms with Gasteiger partial charge in [-0.3, -0.25) is 4.79 Å². The monoisotopic (exact) mass is 396 g/mol. The van der Waals surface area contributed by atoms with Crippen molar-refractivity contribution in [1.82, 2.24) is 14.8 Å². The van der Waals surface area contributed by atoms with Gasteiger partial charge in [-0.05, 0) is 44.0 Å². The number of para-hydroxylation sites is 1. The van der Waals surface area contributed by atoms with E-state index in [1.165, 1.54) is 17.3 Å². The molecule has 1 heterocycles. The Hall–Kier alpha value is -2.80. The van der Waals surface area contributed by atoms with Gasteiger partial charge in [0.1, 0.15) is 5.75 Å². The largest absolute Gasteiger partial charge is 0.496 e. The highest BCUT2D eigenvalue weighted by Gasteiger charge is 2.16. The van der Waals surface area contributed by atoms with E-state index in [4.69, 9.17) is 4.74 Å². The number of aromatic nitrogens is 3. The molecule has 0 aliphatic rings. The normalized spacial score (nSPS) is 10.8. The van der Waals surface area contributed by atoms with E-state index in [2.05, 4.69) is 34.6 Å². The molecule has 2 aromatic carbocycles. The van der Waals surface area contributed by atoms with Gasteiger partial charge < -0.3 is 14.6 Å². The molecule has 0 aliphatic carbocycles. The first-order valence-electron chi connectivity index (χ1n) is 8.94. The van der Waals surface area contributed by atoms with E-state index in [-0.39, 0.29) is 11.7 Å². The smallest absolute Gasteiger partial charge is 0.234 e. The lowest BCUT2D eigenvalue weighted by molar-refractivity contribution is -0.113. The fourth-order valence-electron chi connectivity index (χ4n) is 3.19. The number of aryl methyl sites for hydroxylation is 3. The second kappa shape index (κ2) is 8.48. The predicted octanol–water partition coefficient (Wildman–Crippen LogP) is 4.15. The standard InChI is InChI=1S/C21H24N4O2S/c1-13-10-14(2)19(15(3)11-13)22-18(26)12-28-21-24-23-20(25(21)4)16-8-6-7-9-17(16)27-5/h6-11H,12H2,1-5H3,(H,22,26). The van der Waals surface area contributed by atoms with Crippen LogP contribution in [0.25, 0.3) is 11.4 Å². The van der Waals surface area contributed by atoms with Crippen molar-refractivity contribution in [3.8, 4) is 17.1 Å². The molecule has 1 N–H and O–H groups in total. The van der Waals surface area contributed by atoms with Gasteiger partial charge in [-0.2, -0.15) is 0 Å². The van der Waals surface area contributed by atoms with E-state index in [1.807, 2.05) is 49.7 Å². The second-order valence-corrected chi connectivity index (χ2v) is 7.62. The van der Waals surface area contributed by atoms with Gasteiger partial charge in [0.15, 0.2) is 11.0 Å².